The van der Waals surface area contributed by atoms with Crippen LogP contribution in [0.1, 0.15) is 0 Å². The van der Waals surface area contributed by atoms with Gasteiger partial charge in [0.25, 0.3) is 0 Å². The minimum Gasteiger partial charge on any atom is -0.208 e. The number of hydrogen-bond acceptors (Lipinski definition) is 3. The monoisotopic (exact) mass is 469 g/mol. The summed E-state index contributed by atoms with van der Waals surface area (Å²) in [7, 11) is 0. The molecular weight excluding hydrogens is 450 g/mol. The van der Waals surface area contributed by atoms with E-state index in [4.69, 9.17) is 16.6 Å². The van der Waals surface area contributed by atoms with E-state index in [1.165, 1.54) is 21.9 Å². The fourth-order valence-corrected chi connectivity index (χ4v) is 4.62. The highest BCUT2D eigenvalue weighted by Gasteiger charge is 2.13. The van der Waals surface area contributed by atoms with Crippen LogP contribution in [0.15, 0.2) is 121 Å². The number of nitrogens with zero attached hydrogens (tertiary/aromatic N) is 3. The van der Waals surface area contributed by atoms with Gasteiger partial charge in [-0.25, -0.2) is 4.98 Å². The molecule has 4 heteroatoms. The molecular formula is C31H20ClN3. The molecule has 1 aromatic heterocycles. The lowest BCUT2D eigenvalue weighted by Crippen LogP contribution is -1.97. The Morgan fingerprint density at radius 1 is 0.429 bits per heavy atom. The van der Waals surface area contributed by atoms with E-state index < -0.39 is 0 Å². The van der Waals surface area contributed by atoms with Gasteiger partial charge in [0, 0.05) is 11.1 Å². The lowest BCUT2D eigenvalue weighted by atomic mass is 9.91. The lowest BCUT2D eigenvalue weighted by molar-refractivity contribution is 1.07. The fraction of sp³-hybridized carbons (Fsp3) is 0. The zero-order valence-electron chi connectivity index (χ0n) is 18.8. The first kappa shape index (κ1) is 21.2. The SMILES string of the molecule is Clc1nc(-c2ccccc2)nc(-c2cccc(-c3cccc4cccc(-c5ccccc5)c34)c2)n1. The van der Waals surface area contributed by atoms with Crippen LogP contribution in [0.25, 0.3) is 55.8 Å². The van der Waals surface area contributed by atoms with Crippen LogP contribution in [0.2, 0.25) is 5.28 Å². The van der Waals surface area contributed by atoms with Gasteiger partial charge < -0.3 is 0 Å². The molecule has 0 radical (unpaired) electrons. The summed E-state index contributed by atoms with van der Waals surface area (Å²) in [5.74, 6) is 1.11. The quantitative estimate of drug-likeness (QED) is 0.260. The van der Waals surface area contributed by atoms with Crippen molar-refractivity contribution in [3.63, 3.8) is 0 Å². The van der Waals surface area contributed by atoms with E-state index in [0.29, 0.717) is 11.6 Å². The van der Waals surface area contributed by atoms with Gasteiger partial charge in [0.1, 0.15) is 0 Å². The third kappa shape index (κ3) is 4.18. The summed E-state index contributed by atoms with van der Waals surface area (Å²) in [5, 5.41) is 2.59. The number of hydrogen-bond donors (Lipinski definition) is 0. The first-order valence-electron chi connectivity index (χ1n) is 11.4. The van der Waals surface area contributed by atoms with Crippen LogP contribution in [-0.4, -0.2) is 15.0 Å². The van der Waals surface area contributed by atoms with Gasteiger partial charge in [0.2, 0.25) is 5.28 Å². The van der Waals surface area contributed by atoms with Gasteiger partial charge in [-0.15, -0.1) is 0 Å². The highest BCUT2D eigenvalue weighted by molar-refractivity contribution is 6.28. The Hall–Kier alpha value is -4.34. The van der Waals surface area contributed by atoms with E-state index in [9.17, 15) is 0 Å². The zero-order chi connectivity index (χ0) is 23.6. The van der Waals surface area contributed by atoms with Crippen molar-refractivity contribution < 1.29 is 0 Å². The van der Waals surface area contributed by atoms with Crippen molar-refractivity contribution in [3.05, 3.63) is 127 Å². The molecule has 0 bridgehead atoms. The minimum absolute atomic E-state index is 0.177. The maximum atomic E-state index is 6.31. The Morgan fingerprint density at radius 3 is 1.63 bits per heavy atom. The lowest BCUT2D eigenvalue weighted by Gasteiger charge is -2.13. The Labute approximate surface area is 208 Å². The molecule has 0 unspecified atom stereocenters. The van der Waals surface area contributed by atoms with Crippen molar-refractivity contribution in [1.29, 1.82) is 0 Å². The number of rotatable bonds is 4. The maximum Gasteiger partial charge on any atom is 0.226 e. The molecule has 0 saturated carbocycles. The summed E-state index contributed by atoms with van der Waals surface area (Å²) >= 11 is 6.31. The number of halogens is 1. The molecule has 0 aliphatic rings. The van der Waals surface area contributed by atoms with Gasteiger partial charge >= 0.3 is 0 Å². The Balaban J connectivity index is 1.51. The van der Waals surface area contributed by atoms with E-state index in [2.05, 4.69) is 82.8 Å². The van der Waals surface area contributed by atoms with E-state index >= 15 is 0 Å². The molecule has 0 atom stereocenters. The summed E-state index contributed by atoms with van der Waals surface area (Å²) < 4.78 is 0. The van der Waals surface area contributed by atoms with E-state index in [-0.39, 0.29) is 5.28 Å². The Kier molecular flexibility index (Phi) is 5.53. The van der Waals surface area contributed by atoms with Gasteiger partial charge in [-0.3, -0.25) is 0 Å². The van der Waals surface area contributed by atoms with Crippen LogP contribution in [0.3, 0.4) is 0 Å². The molecule has 3 nitrogen and oxygen atoms in total. The first-order chi connectivity index (χ1) is 17.3. The van der Waals surface area contributed by atoms with Crippen LogP contribution in [0, 0.1) is 0 Å². The molecule has 0 fully saturated rings. The van der Waals surface area contributed by atoms with Gasteiger partial charge in [-0.1, -0.05) is 115 Å². The molecule has 0 aliphatic heterocycles. The van der Waals surface area contributed by atoms with Crippen molar-refractivity contribution in [1.82, 2.24) is 15.0 Å². The molecule has 0 spiro atoms. The van der Waals surface area contributed by atoms with Crippen LogP contribution in [0.5, 0.6) is 0 Å². The van der Waals surface area contributed by atoms with Gasteiger partial charge in [-0.05, 0) is 50.7 Å². The number of aromatic nitrogens is 3. The number of fused-ring (bicyclic) bond motifs is 1. The van der Waals surface area contributed by atoms with E-state index in [1.807, 2.05) is 48.5 Å². The van der Waals surface area contributed by atoms with Crippen molar-refractivity contribution in [2.45, 2.75) is 0 Å². The Bertz CT molecular complexity index is 1640. The third-order valence-electron chi connectivity index (χ3n) is 6.06. The predicted molar refractivity (Wildman–Crippen MR) is 144 cm³/mol. The number of benzene rings is 5. The van der Waals surface area contributed by atoms with Crippen LogP contribution in [0.4, 0.5) is 0 Å². The normalized spacial score (nSPS) is 11.0. The van der Waals surface area contributed by atoms with Crippen molar-refractivity contribution in [2.24, 2.45) is 0 Å². The second kappa shape index (κ2) is 9.13. The average molecular weight is 470 g/mol. The average Bonchev–Trinajstić information content (AvgIpc) is 2.93. The highest BCUT2D eigenvalue weighted by atomic mass is 35.5. The molecule has 166 valence electrons. The van der Waals surface area contributed by atoms with Gasteiger partial charge in [-0.2, -0.15) is 9.97 Å². The van der Waals surface area contributed by atoms with Crippen LogP contribution >= 0.6 is 11.6 Å². The molecule has 35 heavy (non-hydrogen) atoms. The predicted octanol–water partition coefficient (Wildman–Crippen LogP) is 8.35. The van der Waals surface area contributed by atoms with E-state index in [0.717, 1.165) is 22.3 Å². The van der Waals surface area contributed by atoms with Crippen molar-refractivity contribution >= 4 is 22.4 Å². The summed E-state index contributed by atoms with van der Waals surface area (Å²) in [6, 6.07) is 41.5. The standard InChI is InChI=1S/C31H20ClN3/c32-31-34-29(23-12-5-2-6-13-23)33-30(35-31)25-17-7-16-24(20-25)27-19-9-15-22-14-8-18-26(28(22)27)21-10-3-1-4-11-21/h1-20H. The molecule has 0 saturated heterocycles. The Morgan fingerprint density at radius 2 is 0.943 bits per heavy atom. The maximum absolute atomic E-state index is 6.31. The van der Waals surface area contributed by atoms with Crippen LogP contribution in [-0.2, 0) is 0 Å². The summed E-state index contributed by atoms with van der Waals surface area (Å²) in [6.07, 6.45) is 0. The molecule has 0 aliphatic carbocycles. The largest absolute Gasteiger partial charge is 0.226 e. The summed E-state index contributed by atoms with van der Waals surface area (Å²) in [4.78, 5) is 13.5. The molecule has 0 amide bonds. The molecule has 5 aromatic carbocycles. The first-order valence-corrected chi connectivity index (χ1v) is 11.8. The molecule has 0 N–H and O–H groups in total. The van der Waals surface area contributed by atoms with Gasteiger partial charge in [0.15, 0.2) is 11.6 Å². The smallest absolute Gasteiger partial charge is 0.208 e. The molecule has 6 aromatic rings. The highest BCUT2D eigenvalue weighted by Crippen LogP contribution is 2.37. The second-order valence-electron chi connectivity index (χ2n) is 8.27. The second-order valence-corrected chi connectivity index (χ2v) is 8.61. The summed E-state index contributed by atoms with van der Waals surface area (Å²) in [6.45, 7) is 0. The topological polar surface area (TPSA) is 38.7 Å². The van der Waals surface area contributed by atoms with Gasteiger partial charge in [0.05, 0.1) is 0 Å². The molecule has 6 rings (SSSR count). The van der Waals surface area contributed by atoms with Crippen molar-refractivity contribution in [3.8, 4) is 45.0 Å². The van der Waals surface area contributed by atoms with Crippen LogP contribution < -0.4 is 0 Å². The fourth-order valence-electron chi connectivity index (χ4n) is 4.46. The zero-order valence-corrected chi connectivity index (χ0v) is 19.5. The van der Waals surface area contributed by atoms with E-state index in [1.54, 1.807) is 0 Å². The third-order valence-corrected chi connectivity index (χ3v) is 6.23. The van der Waals surface area contributed by atoms with Crippen molar-refractivity contribution in [2.75, 3.05) is 0 Å². The summed E-state index contributed by atoms with van der Waals surface area (Å²) in [5.41, 5.74) is 6.44. The molecule has 1 heterocycles. The minimum atomic E-state index is 0.177.